The summed E-state index contributed by atoms with van der Waals surface area (Å²) in [5, 5.41) is 10.9. The minimum Gasteiger partial charge on any atom is -1.00 e. The van der Waals surface area contributed by atoms with Crippen LogP contribution in [0.4, 0.5) is 34.1 Å². The smallest absolute Gasteiger partial charge is 0.197 e. The predicted molar refractivity (Wildman–Crippen MR) is 349 cm³/mol. The number of aliphatic hydroxyl groups excluding tert-OH is 1. The number of aliphatic hydroxyl groups is 1. The summed E-state index contributed by atoms with van der Waals surface area (Å²) in [6, 6.07) is 86.9. The van der Waals surface area contributed by atoms with Crippen molar-refractivity contribution in [2.45, 2.75) is 40.0 Å². The van der Waals surface area contributed by atoms with Crippen LogP contribution in [0.3, 0.4) is 0 Å². The number of Topliss-reactive ketones (excluding diaryl/α,β-unsaturated/α-hetero) is 4. The molecule has 9 nitrogen and oxygen atoms in total. The van der Waals surface area contributed by atoms with E-state index in [-0.39, 0.29) is 50.6 Å². The third-order valence-electron chi connectivity index (χ3n) is 14.2. The van der Waals surface area contributed by atoms with Crippen molar-refractivity contribution in [2.75, 3.05) is 29.5 Å². The number of hydrogen-bond acceptors (Lipinski definition) is 9. The van der Waals surface area contributed by atoms with Gasteiger partial charge in [0, 0.05) is 68.5 Å². The Kier molecular flexibility index (Phi) is 22.0. The molecule has 13 rings (SSSR count). The lowest BCUT2D eigenvalue weighted by molar-refractivity contribution is 0.0919. The van der Waals surface area contributed by atoms with Gasteiger partial charge in [-0.1, -0.05) is 178 Å². The van der Waals surface area contributed by atoms with Gasteiger partial charge >= 0.3 is 0 Å². The summed E-state index contributed by atoms with van der Waals surface area (Å²) < 4.78 is 0. The van der Waals surface area contributed by atoms with Crippen LogP contribution in [0.2, 0.25) is 0 Å². The molecule has 10 aromatic carbocycles. The number of carbonyl (C=O) groups excluding carboxylic acids is 5. The van der Waals surface area contributed by atoms with Gasteiger partial charge in [-0.05, 0) is 170 Å². The Bertz CT molecular complexity index is 3730. The molecule has 85 heavy (non-hydrogen) atoms. The normalized spacial score (nSPS) is 13.1. The Morgan fingerprint density at radius 2 is 0.741 bits per heavy atom. The number of rotatable bonds is 10. The SMILES string of the molecule is C.C1CCNCC1.CCO.O=C1/C(=C\c2ccc(N(c3ccccc3)c3ccccc3)cc2)C(=O)c2cc(-c3ccccc3)ccc21.O=C1CC(=O)c2cc(-c3ccccc3)ccc21.O=Cc1ccc(N(c2ccccc2)c2ccccc2)cc1.[2H-]. The second-order valence-electron chi connectivity index (χ2n) is 19.9. The van der Waals surface area contributed by atoms with Gasteiger partial charge in [0.2, 0.25) is 0 Å². The van der Waals surface area contributed by atoms with Crippen molar-refractivity contribution in [3.63, 3.8) is 0 Å². The second-order valence-corrected chi connectivity index (χ2v) is 19.9. The van der Waals surface area contributed by atoms with Crippen LogP contribution in [0, 0.1) is 0 Å². The van der Waals surface area contributed by atoms with Gasteiger partial charge in [-0.3, -0.25) is 24.0 Å². The lowest BCUT2D eigenvalue weighted by Crippen LogP contribution is -2.21. The van der Waals surface area contributed by atoms with E-state index >= 15 is 0 Å². The minimum absolute atomic E-state index is 0. The van der Waals surface area contributed by atoms with E-state index in [9.17, 15) is 24.0 Å². The summed E-state index contributed by atoms with van der Waals surface area (Å²) in [5.41, 5.74) is 14.0. The number of anilines is 6. The first-order valence-electron chi connectivity index (χ1n) is 28.3. The van der Waals surface area contributed by atoms with Crippen LogP contribution in [0.15, 0.2) is 272 Å². The maximum Gasteiger partial charge on any atom is 0.197 e. The quantitative estimate of drug-likeness (QED) is 0.0596. The molecule has 1 heterocycles. The summed E-state index contributed by atoms with van der Waals surface area (Å²) in [6.07, 6.45) is 6.80. The van der Waals surface area contributed by atoms with E-state index in [1.54, 1.807) is 25.1 Å². The zero-order chi connectivity index (χ0) is 58.5. The molecule has 9 heteroatoms. The van der Waals surface area contributed by atoms with Crippen molar-refractivity contribution in [3.8, 4) is 22.3 Å². The highest BCUT2D eigenvalue weighted by Crippen LogP contribution is 2.37. The molecule has 1 saturated heterocycles. The Balaban J connectivity index is 0.000000182. The van der Waals surface area contributed by atoms with Crippen LogP contribution in [-0.2, 0) is 0 Å². The molecule has 0 unspecified atom stereocenters. The molecule has 2 N–H and O–H groups in total. The number of ketones is 4. The van der Waals surface area contributed by atoms with Gasteiger partial charge in [0.1, 0.15) is 6.29 Å². The van der Waals surface area contributed by atoms with E-state index in [4.69, 9.17) is 5.11 Å². The zero-order valence-corrected chi connectivity index (χ0v) is 46.9. The summed E-state index contributed by atoms with van der Waals surface area (Å²) in [5.74, 6) is -0.580. The number of carbonyl (C=O) groups is 5. The molecule has 1 fully saturated rings. The van der Waals surface area contributed by atoms with Crippen molar-refractivity contribution in [1.82, 2.24) is 5.32 Å². The monoisotopic (exact) mass is 1120 g/mol. The topological polar surface area (TPSA) is 124 Å². The minimum atomic E-state index is -0.225. The molecule has 3 aliphatic rings. The number of nitrogens with zero attached hydrogens (tertiary/aromatic N) is 2. The maximum absolute atomic E-state index is 13.2. The number of benzene rings is 10. The van der Waals surface area contributed by atoms with Gasteiger partial charge in [-0.2, -0.15) is 0 Å². The van der Waals surface area contributed by atoms with Gasteiger partial charge in [0.05, 0.1) is 12.0 Å². The molecule has 10 aromatic rings. The molecule has 0 amide bonds. The average Bonchev–Trinajstić information content (AvgIpc) is 3.58. The van der Waals surface area contributed by atoms with Gasteiger partial charge < -0.3 is 21.6 Å². The average molecular weight is 1120 g/mol. The van der Waals surface area contributed by atoms with E-state index in [0.29, 0.717) is 27.8 Å². The third-order valence-corrected chi connectivity index (χ3v) is 14.2. The molecular weight excluding hydrogens is 1050 g/mol. The fraction of sp³-hybridized carbons (Fsp3) is 0.118. The van der Waals surface area contributed by atoms with Crippen molar-refractivity contribution >= 4 is 69.6 Å². The number of aldehydes is 1. The first kappa shape index (κ1) is 60.9. The van der Waals surface area contributed by atoms with Gasteiger partial charge in [-0.25, -0.2) is 0 Å². The number of fused-ring (bicyclic) bond motifs is 2. The fourth-order valence-electron chi connectivity index (χ4n) is 10.0. The van der Waals surface area contributed by atoms with Crippen LogP contribution in [-0.4, -0.2) is 54.2 Å². The number of piperidine rings is 1. The van der Waals surface area contributed by atoms with Crippen molar-refractivity contribution in [2.24, 2.45) is 0 Å². The van der Waals surface area contributed by atoms with E-state index in [0.717, 1.165) is 68.2 Å². The van der Waals surface area contributed by atoms with Crippen LogP contribution < -0.4 is 15.1 Å². The summed E-state index contributed by atoms with van der Waals surface area (Å²) in [6.45, 7) is 4.43. The van der Waals surface area contributed by atoms with Crippen LogP contribution in [0.5, 0.6) is 0 Å². The molecule has 0 saturated carbocycles. The van der Waals surface area contributed by atoms with E-state index < -0.39 is 0 Å². The molecule has 426 valence electrons. The Morgan fingerprint density at radius 3 is 1.12 bits per heavy atom. The highest BCUT2D eigenvalue weighted by Gasteiger charge is 2.33. The second kappa shape index (κ2) is 30.7. The number of hydrogen-bond donors (Lipinski definition) is 2. The lowest BCUT2D eigenvalue weighted by atomic mass is 10.0. The zero-order valence-electron chi connectivity index (χ0n) is 47.9. The van der Waals surface area contributed by atoms with Gasteiger partial charge in [0.15, 0.2) is 23.1 Å². The third kappa shape index (κ3) is 15.7. The van der Waals surface area contributed by atoms with E-state index in [1.807, 2.05) is 206 Å². The first-order chi connectivity index (χ1) is 41.2. The molecule has 0 atom stereocenters. The molecule has 0 spiro atoms. The van der Waals surface area contributed by atoms with Gasteiger partial charge in [-0.15, -0.1) is 0 Å². The standard InChI is InChI=1S/C34H23NO2.C19H15NO.C15H10O2.C5H11N.C2H6O.CH4.H/c36-33-30-21-18-26(25-10-4-1-5-11-25)23-31(30)34(37)32(33)22-24-16-19-29(20-17-24)35(27-12-6-2-7-13-27)28-14-8-3-9-15-28;21-15-16-11-13-19(14-12-16)20(17-7-3-1-4-8-17)18-9-5-2-6-10-18;16-14-9-15(17)13-8-11(6-7-12(13)14)10-4-2-1-3-5-10;1-2-4-6-5-3-1;1-2-3;;/h1-23H;1-15H;1-8H,9H2;6H,1-5H2;3H,2H2,1H3;1H4;/q;;;;;;-1/b32-22+;;;;;;/i;;;;;;1+1. The van der Waals surface area contributed by atoms with Crippen molar-refractivity contribution in [3.05, 3.63) is 306 Å². The first-order valence-corrected chi connectivity index (χ1v) is 28.3. The predicted octanol–water partition coefficient (Wildman–Crippen LogP) is 17.9. The van der Waals surface area contributed by atoms with Crippen molar-refractivity contribution < 1.29 is 30.5 Å². The van der Waals surface area contributed by atoms with Crippen LogP contribution >= 0.6 is 0 Å². The molecule has 0 bridgehead atoms. The Hall–Kier alpha value is -10.2. The molecular formula is C76H70N3O6-. The molecule has 0 aromatic heterocycles. The lowest BCUT2D eigenvalue weighted by Gasteiger charge is -2.25. The van der Waals surface area contributed by atoms with E-state index in [1.165, 1.54) is 32.4 Å². The molecule has 1 aliphatic heterocycles. The highest BCUT2D eigenvalue weighted by atomic mass is 16.2. The van der Waals surface area contributed by atoms with E-state index in [2.05, 4.69) is 63.6 Å². The Morgan fingerprint density at radius 1 is 0.400 bits per heavy atom. The summed E-state index contributed by atoms with van der Waals surface area (Å²) in [7, 11) is 0. The Labute approximate surface area is 500 Å². The molecule has 0 radical (unpaired) electrons. The number of nitrogens with one attached hydrogen (secondary N) is 1. The highest BCUT2D eigenvalue weighted by molar-refractivity contribution is 6.41. The maximum atomic E-state index is 13.2. The van der Waals surface area contributed by atoms with Crippen molar-refractivity contribution in [1.29, 1.82) is 0 Å². The van der Waals surface area contributed by atoms with Crippen LogP contribution in [0.25, 0.3) is 28.3 Å². The molecule has 2 aliphatic carbocycles. The largest absolute Gasteiger partial charge is 1.00 e. The fourth-order valence-corrected chi connectivity index (χ4v) is 10.0. The number of allylic oxidation sites excluding steroid dienone is 1. The van der Waals surface area contributed by atoms with Gasteiger partial charge in [0.25, 0.3) is 0 Å². The van der Waals surface area contributed by atoms with Crippen LogP contribution in [0.1, 0.15) is 98.8 Å². The summed E-state index contributed by atoms with van der Waals surface area (Å²) >= 11 is 0. The summed E-state index contributed by atoms with van der Waals surface area (Å²) in [4.78, 5) is 64.6. The number of para-hydroxylation sites is 4.